The average molecular weight is 387 g/mol. The molecule has 6 nitrogen and oxygen atoms in total. The average Bonchev–Trinajstić information content (AvgIpc) is 3.30. The number of hydrogen-bond donors (Lipinski definition) is 2. The van der Waals surface area contributed by atoms with Gasteiger partial charge in [-0.15, -0.1) is 11.3 Å². The van der Waals surface area contributed by atoms with Crippen LogP contribution in [0.4, 0.5) is 0 Å². The van der Waals surface area contributed by atoms with Gasteiger partial charge in [0.05, 0.1) is 22.0 Å². The van der Waals surface area contributed by atoms with E-state index < -0.39 is 5.91 Å². The Labute approximate surface area is 159 Å². The minimum absolute atomic E-state index is 0.246. The molecule has 0 saturated heterocycles. The third kappa shape index (κ3) is 4.38. The molecule has 0 fully saturated rings. The van der Waals surface area contributed by atoms with Gasteiger partial charge in [-0.3, -0.25) is 9.89 Å². The standard InChI is InChI=1S/C18H15ClN4O2S/c1-25-15-7-3-2-5-12(15)6-4-10-20-23-18(24)14-11-13(21-22-14)16-8-9-17(19)26-16/h2-11H,1H3,(H,21,22)(H,23,24)/b6-4?,20-10-. The first-order chi connectivity index (χ1) is 12.7. The third-order valence-electron chi connectivity index (χ3n) is 3.39. The number of aromatic nitrogens is 2. The highest BCUT2D eigenvalue weighted by atomic mass is 35.5. The molecule has 0 aliphatic heterocycles. The van der Waals surface area contributed by atoms with Crippen LogP contribution in [0.3, 0.4) is 0 Å². The first-order valence-electron chi connectivity index (χ1n) is 7.61. The Balaban J connectivity index is 1.58. The number of aromatic amines is 1. The predicted octanol–water partition coefficient (Wildman–Crippen LogP) is 4.23. The van der Waals surface area contributed by atoms with Crippen LogP contribution in [-0.4, -0.2) is 29.4 Å². The summed E-state index contributed by atoms with van der Waals surface area (Å²) < 4.78 is 5.93. The predicted molar refractivity (Wildman–Crippen MR) is 105 cm³/mol. The van der Waals surface area contributed by atoms with Crippen molar-refractivity contribution >= 4 is 41.1 Å². The van der Waals surface area contributed by atoms with Crippen molar-refractivity contribution in [1.29, 1.82) is 0 Å². The van der Waals surface area contributed by atoms with Crippen LogP contribution < -0.4 is 10.2 Å². The van der Waals surface area contributed by atoms with Gasteiger partial charge in [-0.1, -0.05) is 29.8 Å². The summed E-state index contributed by atoms with van der Waals surface area (Å²) in [7, 11) is 1.61. The Bertz CT molecular complexity index is 962. The van der Waals surface area contributed by atoms with Gasteiger partial charge < -0.3 is 4.74 Å². The summed E-state index contributed by atoms with van der Waals surface area (Å²) in [6.07, 6.45) is 5.03. The molecule has 1 amide bonds. The first-order valence-corrected chi connectivity index (χ1v) is 8.81. The normalized spacial score (nSPS) is 11.3. The molecule has 3 rings (SSSR count). The third-order valence-corrected chi connectivity index (χ3v) is 4.66. The number of ether oxygens (including phenoxy) is 1. The van der Waals surface area contributed by atoms with E-state index in [1.807, 2.05) is 36.4 Å². The van der Waals surface area contributed by atoms with Crippen molar-refractivity contribution in [2.75, 3.05) is 7.11 Å². The van der Waals surface area contributed by atoms with Crippen molar-refractivity contribution in [2.45, 2.75) is 0 Å². The van der Waals surface area contributed by atoms with Gasteiger partial charge in [0.25, 0.3) is 5.91 Å². The van der Waals surface area contributed by atoms with Gasteiger partial charge in [0, 0.05) is 11.8 Å². The molecular formula is C18H15ClN4O2S. The van der Waals surface area contributed by atoms with Gasteiger partial charge in [-0.25, -0.2) is 5.43 Å². The molecule has 2 aromatic heterocycles. The second-order valence-electron chi connectivity index (χ2n) is 5.09. The SMILES string of the molecule is COc1ccccc1C=C/C=N\NC(=O)c1cc(-c2ccc(Cl)s2)[nH]n1. The fourth-order valence-corrected chi connectivity index (χ4v) is 3.18. The number of amides is 1. The van der Waals surface area contributed by atoms with Crippen LogP contribution in [0.5, 0.6) is 5.75 Å². The molecule has 0 aliphatic carbocycles. The number of hydrogen-bond acceptors (Lipinski definition) is 5. The molecule has 8 heteroatoms. The zero-order valence-electron chi connectivity index (χ0n) is 13.8. The lowest BCUT2D eigenvalue weighted by molar-refractivity contribution is 0.0950. The number of nitrogens with one attached hydrogen (secondary N) is 2. The van der Waals surface area contributed by atoms with Gasteiger partial charge >= 0.3 is 0 Å². The van der Waals surface area contributed by atoms with Crippen molar-refractivity contribution in [3.63, 3.8) is 0 Å². The van der Waals surface area contributed by atoms with Gasteiger partial charge in [0.15, 0.2) is 5.69 Å². The minimum Gasteiger partial charge on any atom is -0.496 e. The molecular weight excluding hydrogens is 372 g/mol. The fraction of sp³-hybridized carbons (Fsp3) is 0.0556. The van der Waals surface area contributed by atoms with E-state index in [0.29, 0.717) is 4.34 Å². The lowest BCUT2D eigenvalue weighted by Gasteiger charge is -2.02. The Morgan fingerprint density at radius 2 is 2.19 bits per heavy atom. The number of thiophene rings is 1. The molecule has 26 heavy (non-hydrogen) atoms. The first kappa shape index (κ1) is 17.9. The van der Waals surface area contributed by atoms with E-state index in [1.54, 1.807) is 25.3 Å². The zero-order chi connectivity index (χ0) is 18.4. The van der Waals surface area contributed by atoms with Crippen LogP contribution in [0.2, 0.25) is 4.34 Å². The number of allylic oxidation sites excluding steroid dienone is 1. The summed E-state index contributed by atoms with van der Waals surface area (Å²) in [6, 6.07) is 12.9. The zero-order valence-corrected chi connectivity index (χ0v) is 15.3. The maximum atomic E-state index is 12.1. The highest BCUT2D eigenvalue weighted by molar-refractivity contribution is 7.19. The molecule has 0 unspecified atom stereocenters. The van der Waals surface area contributed by atoms with Crippen LogP contribution in [0.15, 0.2) is 53.6 Å². The quantitative estimate of drug-likeness (QED) is 0.491. The van der Waals surface area contributed by atoms with E-state index in [4.69, 9.17) is 16.3 Å². The summed E-state index contributed by atoms with van der Waals surface area (Å²) in [6.45, 7) is 0. The molecule has 0 radical (unpaired) electrons. The van der Waals surface area contributed by atoms with Gasteiger partial charge in [-0.2, -0.15) is 10.2 Å². The molecule has 0 bridgehead atoms. The van der Waals surface area contributed by atoms with Crippen LogP contribution in [0.1, 0.15) is 16.1 Å². The monoisotopic (exact) mass is 386 g/mol. The van der Waals surface area contributed by atoms with Crippen molar-refractivity contribution < 1.29 is 9.53 Å². The van der Waals surface area contributed by atoms with E-state index in [2.05, 4.69) is 20.7 Å². The van der Waals surface area contributed by atoms with Crippen LogP contribution in [0, 0.1) is 0 Å². The second-order valence-corrected chi connectivity index (χ2v) is 6.81. The summed E-state index contributed by atoms with van der Waals surface area (Å²) in [5, 5.41) is 10.7. The summed E-state index contributed by atoms with van der Waals surface area (Å²) in [5.74, 6) is 0.357. The molecule has 132 valence electrons. The Kier molecular flexibility index (Phi) is 5.83. The number of carbonyl (C=O) groups is 1. The van der Waals surface area contributed by atoms with E-state index in [1.165, 1.54) is 17.6 Å². The summed E-state index contributed by atoms with van der Waals surface area (Å²) in [5.41, 5.74) is 4.32. The molecule has 2 heterocycles. The number of benzene rings is 1. The molecule has 0 aliphatic rings. The van der Waals surface area contributed by atoms with Gasteiger partial charge in [0.1, 0.15) is 5.75 Å². The number of rotatable bonds is 6. The molecule has 3 aromatic rings. The molecule has 0 atom stereocenters. The van der Waals surface area contributed by atoms with E-state index in [9.17, 15) is 4.79 Å². The lowest BCUT2D eigenvalue weighted by atomic mass is 10.2. The fourth-order valence-electron chi connectivity index (χ4n) is 2.17. The van der Waals surface area contributed by atoms with E-state index >= 15 is 0 Å². The van der Waals surface area contributed by atoms with Crippen LogP contribution in [-0.2, 0) is 0 Å². The molecule has 1 aromatic carbocycles. The summed E-state index contributed by atoms with van der Waals surface area (Å²) in [4.78, 5) is 13.0. The smallest absolute Gasteiger partial charge is 0.291 e. The number of methoxy groups -OCH3 is 1. The number of halogens is 1. The van der Waals surface area contributed by atoms with E-state index in [-0.39, 0.29) is 5.69 Å². The maximum Gasteiger partial charge on any atom is 0.291 e. The number of hydrazone groups is 1. The molecule has 0 spiro atoms. The molecule has 0 saturated carbocycles. The number of carbonyl (C=O) groups excluding carboxylic acids is 1. The summed E-state index contributed by atoms with van der Waals surface area (Å²) >= 11 is 7.32. The topological polar surface area (TPSA) is 79.4 Å². The van der Waals surface area contributed by atoms with Crippen LogP contribution >= 0.6 is 22.9 Å². The Morgan fingerprint density at radius 3 is 2.96 bits per heavy atom. The minimum atomic E-state index is -0.405. The number of para-hydroxylation sites is 1. The highest BCUT2D eigenvalue weighted by Crippen LogP contribution is 2.29. The van der Waals surface area contributed by atoms with Crippen molar-refractivity contribution in [3.05, 3.63) is 64.1 Å². The number of nitrogens with zero attached hydrogens (tertiary/aromatic N) is 2. The van der Waals surface area contributed by atoms with E-state index in [0.717, 1.165) is 21.9 Å². The maximum absolute atomic E-state index is 12.1. The lowest BCUT2D eigenvalue weighted by Crippen LogP contribution is -2.17. The Morgan fingerprint density at radius 1 is 1.35 bits per heavy atom. The number of H-pyrrole nitrogens is 1. The van der Waals surface area contributed by atoms with Crippen molar-refractivity contribution in [3.8, 4) is 16.3 Å². The Hall–Kier alpha value is -2.90. The van der Waals surface area contributed by atoms with Crippen molar-refractivity contribution in [2.24, 2.45) is 5.10 Å². The highest BCUT2D eigenvalue weighted by Gasteiger charge is 2.11. The molecule has 2 N–H and O–H groups in total. The van der Waals surface area contributed by atoms with Crippen molar-refractivity contribution in [1.82, 2.24) is 15.6 Å². The van der Waals surface area contributed by atoms with Crippen LogP contribution in [0.25, 0.3) is 16.6 Å². The largest absolute Gasteiger partial charge is 0.496 e. The van der Waals surface area contributed by atoms with Gasteiger partial charge in [0.2, 0.25) is 0 Å². The second kappa shape index (κ2) is 8.46. The van der Waals surface area contributed by atoms with Gasteiger partial charge in [-0.05, 0) is 36.4 Å².